The molecule has 0 unspecified atom stereocenters. The maximum Gasteiger partial charge on any atom is 0.344 e. The number of hydrogen-bond acceptors (Lipinski definition) is 6. The van der Waals surface area contributed by atoms with E-state index in [4.69, 9.17) is 53.8 Å². The van der Waals surface area contributed by atoms with E-state index >= 15 is 0 Å². The SMILES string of the molecule is Cc1ccc(OCC(=O)OCCCCCOC(=O)COc2ccc(Cl)cc2Cl)c(Cl)c1. The Hall–Kier alpha value is -2.15. The molecule has 2 aromatic rings. The Labute approximate surface area is 196 Å². The highest BCUT2D eigenvalue weighted by atomic mass is 35.5. The molecule has 0 N–H and O–H groups in total. The van der Waals surface area contributed by atoms with Crippen molar-refractivity contribution in [3.8, 4) is 11.5 Å². The fourth-order valence-corrected chi connectivity index (χ4v) is 3.18. The lowest BCUT2D eigenvalue weighted by Crippen LogP contribution is -2.16. The number of esters is 2. The van der Waals surface area contributed by atoms with Crippen LogP contribution in [0.15, 0.2) is 36.4 Å². The van der Waals surface area contributed by atoms with E-state index < -0.39 is 11.9 Å². The summed E-state index contributed by atoms with van der Waals surface area (Å²) in [5.41, 5.74) is 1.00. The van der Waals surface area contributed by atoms with Crippen LogP contribution in [0.4, 0.5) is 0 Å². The Morgan fingerprint density at radius 3 is 1.77 bits per heavy atom. The number of carbonyl (C=O) groups is 2. The minimum absolute atomic E-state index is 0.210. The summed E-state index contributed by atoms with van der Waals surface area (Å²) in [5.74, 6) is -0.169. The predicted octanol–water partition coefficient (Wildman–Crippen LogP) is 5.67. The fourth-order valence-electron chi connectivity index (χ4n) is 2.42. The van der Waals surface area contributed by atoms with Gasteiger partial charge in [0.1, 0.15) is 11.5 Å². The summed E-state index contributed by atoms with van der Waals surface area (Å²) in [5, 5.41) is 1.25. The third-order valence-corrected chi connectivity index (χ3v) is 4.81. The second kappa shape index (κ2) is 13.3. The summed E-state index contributed by atoms with van der Waals surface area (Å²) < 4.78 is 20.8. The zero-order chi connectivity index (χ0) is 22.6. The Bertz CT molecular complexity index is 816. The van der Waals surface area contributed by atoms with Gasteiger partial charge in [0.25, 0.3) is 0 Å². The molecule has 0 radical (unpaired) electrons. The molecule has 0 spiro atoms. The van der Waals surface area contributed by atoms with Gasteiger partial charge in [-0.05, 0) is 62.1 Å². The number of benzene rings is 2. The van der Waals surface area contributed by atoms with Crippen LogP contribution in [-0.4, -0.2) is 38.4 Å². The van der Waals surface area contributed by atoms with Crippen LogP contribution < -0.4 is 9.47 Å². The Kier molecular flexibility index (Phi) is 10.8. The van der Waals surface area contributed by atoms with Crippen LogP contribution in [0.1, 0.15) is 24.8 Å². The fraction of sp³-hybridized carbons (Fsp3) is 0.364. The van der Waals surface area contributed by atoms with Crippen LogP contribution in [0.3, 0.4) is 0 Å². The molecule has 31 heavy (non-hydrogen) atoms. The lowest BCUT2D eigenvalue weighted by molar-refractivity contribution is -0.146. The Morgan fingerprint density at radius 1 is 0.742 bits per heavy atom. The van der Waals surface area contributed by atoms with E-state index in [-0.39, 0.29) is 26.4 Å². The third-order valence-electron chi connectivity index (χ3n) is 3.99. The molecule has 0 amide bonds. The van der Waals surface area contributed by atoms with Gasteiger partial charge in [0, 0.05) is 5.02 Å². The van der Waals surface area contributed by atoms with E-state index in [2.05, 4.69) is 0 Å². The average Bonchev–Trinajstić information content (AvgIpc) is 2.71. The van der Waals surface area contributed by atoms with Crippen LogP contribution in [0, 0.1) is 6.92 Å². The van der Waals surface area contributed by atoms with E-state index in [9.17, 15) is 9.59 Å². The molecule has 0 aromatic heterocycles. The van der Waals surface area contributed by atoms with Crippen molar-refractivity contribution in [1.29, 1.82) is 0 Å². The second-order valence-corrected chi connectivity index (χ2v) is 7.84. The molecule has 168 valence electrons. The van der Waals surface area contributed by atoms with E-state index in [0.29, 0.717) is 39.4 Å². The van der Waals surface area contributed by atoms with Gasteiger partial charge in [0.15, 0.2) is 13.2 Å². The number of unbranched alkanes of at least 4 members (excludes halogenated alkanes) is 2. The summed E-state index contributed by atoms with van der Waals surface area (Å²) in [4.78, 5) is 23.4. The molecule has 0 atom stereocenters. The highest BCUT2D eigenvalue weighted by molar-refractivity contribution is 6.35. The second-order valence-electron chi connectivity index (χ2n) is 6.59. The first-order valence-electron chi connectivity index (χ1n) is 9.63. The number of carbonyl (C=O) groups excluding carboxylic acids is 2. The van der Waals surface area contributed by atoms with E-state index in [1.807, 2.05) is 13.0 Å². The average molecular weight is 490 g/mol. The molecule has 0 saturated heterocycles. The first-order chi connectivity index (χ1) is 14.8. The van der Waals surface area contributed by atoms with Crippen molar-refractivity contribution >= 4 is 46.7 Å². The Balaban J connectivity index is 1.49. The molecule has 0 aliphatic heterocycles. The van der Waals surface area contributed by atoms with Gasteiger partial charge >= 0.3 is 11.9 Å². The zero-order valence-corrected chi connectivity index (χ0v) is 19.3. The van der Waals surface area contributed by atoms with E-state index in [0.717, 1.165) is 12.0 Å². The smallest absolute Gasteiger partial charge is 0.344 e. The van der Waals surface area contributed by atoms with Gasteiger partial charge < -0.3 is 18.9 Å². The molecule has 2 aromatic carbocycles. The van der Waals surface area contributed by atoms with Gasteiger partial charge in [-0.3, -0.25) is 0 Å². The van der Waals surface area contributed by atoms with Gasteiger partial charge in [-0.2, -0.15) is 0 Å². The molecule has 0 saturated carbocycles. The van der Waals surface area contributed by atoms with Crippen molar-refractivity contribution in [3.63, 3.8) is 0 Å². The molecular formula is C22H23Cl3O6. The normalized spacial score (nSPS) is 10.5. The number of aryl methyl sites for hydroxylation is 1. The van der Waals surface area contributed by atoms with Crippen LogP contribution in [0.5, 0.6) is 11.5 Å². The summed E-state index contributed by atoms with van der Waals surface area (Å²) in [6.07, 6.45) is 2.01. The van der Waals surface area contributed by atoms with Crippen molar-refractivity contribution in [2.24, 2.45) is 0 Å². The van der Waals surface area contributed by atoms with E-state index in [1.54, 1.807) is 24.3 Å². The topological polar surface area (TPSA) is 71.1 Å². The summed E-state index contributed by atoms with van der Waals surface area (Å²) >= 11 is 17.8. The molecule has 0 fully saturated rings. The minimum Gasteiger partial charge on any atom is -0.480 e. The number of rotatable bonds is 12. The van der Waals surface area contributed by atoms with Crippen LogP contribution in [0.25, 0.3) is 0 Å². The van der Waals surface area contributed by atoms with Crippen molar-refractivity contribution in [2.75, 3.05) is 26.4 Å². The highest BCUT2D eigenvalue weighted by Crippen LogP contribution is 2.27. The van der Waals surface area contributed by atoms with Gasteiger partial charge in [0.05, 0.1) is 23.3 Å². The molecule has 2 rings (SSSR count). The lowest BCUT2D eigenvalue weighted by Gasteiger charge is -2.09. The standard InChI is InChI=1S/C22H23Cl3O6/c1-15-5-7-19(17(24)11-15)30-13-21(26)28-9-3-2-4-10-29-22(27)14-31-20-8-6-16(23)12-18(20)25/h5-8,11-12H,2-4,9-10,13-14H2,1H3. The third kappa shape index (κ3) is 9.68. The molecule has 6 nitrogen and oxygen atoms in total. The predicted molar refractivity (Wildman–Crippen MR) is 119 cm³/mol. The first kappa shape index (κ1) is 25.1. The number of halogens is 3. The zero-order valence-electron chi connectivity index (χ0n) is 17.0. The molecule has 0 aliphatic rings. The van der Waals surface area contributed by atoms with Gasteiger partial charge in [-0.25, -0.2) is 9.59 Å². The van der Waals surface area contributed by atoms with E-state index in [1.165, 1.54) is 6.07 Å². The molecule has 0 aliphatic carbocycles. The quantitative estimate of drug-likeness (QED) is 0.283. The minimum atomic E-state index is -0.496. The monoisotopic (exact) mass is 488 g/mol. The van der Waals surface area contributed by atoms with Crippen molar-refractivity contribution < 1.29 is 28.5 Å². The molecule has 0 bridgehead atoms. The van der Waals surface area contributed by atoms with Crippen LogP contribution in [-0.2, 0) is 19.1 Å². The van der Waals surface area contributed by atoms with Crippen molar-refractivity contribution in [1.82, 2.24) is 0 Å². The largest absolute Gasteiger partial charge is 0.480 e. The maximum atomic E-state index is 11.7. The van der Waals surface area contributed by atoms with Crippen LogP contribution >= 0.6 is 34.8 Å². The van der Waals surface area contributed by atoms with Crippen LogP contribution in [0.2, 0.25) is 15.1 Å². The maximum absolute atomic E-state index is 11.7. The molecule has 0 heterocycles. The molecule has 9 heteroatoms. The van der Waals surface area contributed by atoms with Gasteiger partial charge in [-0.1, -0.05) is 40.9 Å². The van der Waals surface area contributed by atoms with Crippen molar-refractivity contribution in [3.05, 3.63) is 57.0 Å². The Morgan fingerprint density at radius 2 is 1.26 bits per heavy atom. The number of ether oxygens (including phenoxy) is 4. The van der Waals surface area contributed by atoms with Crippen molar-refractivity contribution in [2.45, 2.75) is 26.2 Å². The first-order valence-corrected chi connectivity index (χ1v) is 10.8. The van der Waals surface area contributed by atoms with Gasteiger partial charge in [0.2, 0.25) is 0 Å². The number of hydrogen-bond donors (Lipinski definition) is 0. The lowest BCUT2D eigenvalue weighted by atomic mass is 10.2. The van der Waals surface area contributed by atoms with Gasteiger partial charge in [-0.15, -0.1) is 0 Å². The summed E-state index contributed by atoms with van der Waals surface area (Å²) in [6, 6.07) is 10.0. The highest BCUT2D eigenvalue weighted by Gasteiger charge is 2.09. The summed E-state index contributed by atoms with van der Waals surface area (Å²) in [7, 11) is 0. The summed E-state index contributed by atoms with van der Waals surface area (Å²) in [6.45, 7) is 1.97. The molecular weight excluding hydrogens is 467 g/mol.